The average Bonchev–Trinajstić information content (AvgIpc) is 3.27. The second kappa shape index (κ2) is 10.1. The van der Waals surface area contributed by atoms with E-state index >= 15 is 0 Å². The molecule has 3 aromatic carbocycles. The van der Waals surface area contributed by atoms with Crippen LogP contribution in [0.15, 0.2) is 84.0 Å². The molecular weight excluding hydrogens is 436 g/mol. The van der Waals surface area contributed by atoms with Crippen molar-refractivity contribution in [1.29, 1.82) is 0 Å². The summed E-state index contributed by atoms with van der Waals surface area (Å²) in [5, 5.41) is 12.2. The molecule has 4 aromatic rings. The summed E-state index contributed by atoms with van der Waals surface area (Å²) in [6.07, 6.45) is 0. The lowest BCUT2D eigenvalue weighted by atomic mass is 10.2. The molecule has 1 N–H and O–H groups in total. The first-order valence-electron chi connectivity index (χ1n) is 10.2. The Balaban J connectivity index is 1.53. The van der Waals surface area contributed by atoms with Gasteiger partial charge in [-0.3, -0.25) is 9.36 Å². The highest BCUT2D eigenvalue weighted by molar-refractivity contribution is 7.99. The Hall–Kier alpha value is -3.91. The van der Waals surface area contributed by atoms with Gasteiger partial charge >= 0.3 is 5.97 Å². The number of nitrogens with zero attached hydrogens (tertiary/aromatic N) is 3. The zero-order valence-corrected chi connectivity index (χ0v) is 19.0. The third-order valence-electron chi connectivity index (χ3n) is 4.85. The second-order valence-electron chi connectivity index (χ2n) is 7.25. The first kappa shape index (κ1) is 22.3. The molecular formula is C25H22N4O3S. The standard InChI is InChI=1S/C25H22N4O3S/c1-17-7-6-10-21(15-17)29-23(18-8-4-3-5-9-18)27-28-25(29)33-16-22(30)26-20-13-11-19(12-14-20)24(31)32-2/h3-15H,16H2,1-2H3,(H,26,30). The maximum atomic E-state index is 12.6. The van der Waals surface area contributed by atoms with Crippen LogP contribution in [0.2, 0.25) is 0 Å². The fraction of sp³-hybridized carbons (Fsp3) is 0.120. The van der Waals surface area contributed by atoms with Gasteiger partial charge in [-0.25, -0.2) is 4.79 Å². The van der Waals surface area contributed by atoms with E-state index in [2.05, 4.69) is 26.3 Å². The van der Waals surface area contributed by atoms with Gasteiger partial charge in [0.15, 0.2) is 11.0 Å². The lowest BCUT2D eigenvalue weighted by molar-refractivity contribution is -0.113. The van der Waals surface area contributed by atoms with Crippen molar-refractivity contribution in [1.82, 2.24) is 14.8 Å². The van der Waals surface area contributed by atoms with Crippen molar-refractivity contribution < 1.29 is 14.3 Å². The minimum atomic E-state index is -0.423. The van der Waals surface area contributed by atoms with Crippen LogP contribution < -0.4 is 5.32 Å². The van der Waals surface area contributed by atoms with E-state index in [0.717, 1.165) is 16.8 Å². The molecule has 1 heterocycles. The number of carbonyl (C=O) groups excluding carboxylic acids is 2. The highest BCUT2D eigenvalue weighted by Gasteiger charge is 2.17. The SMILES string of the molecule is COC(=O)c1ccc(NC(=O)CSc2nnc(-c3ccccc3)n2-c2cccc(C)c2)cc1. The van der Waals surface area contributed by atoms with Crippen molar-refractivity contribution >= 4 is 29.3 Å². The van der Waals surface area contributed by atoms with Crippen LogP contribution >= 0.6 is 11.8 Å². The molecule has 4 rings (SSSR count). The van der Waals surface area contributed by atoms with E-state index < -0.39 is 5.97 Å². The van der Waals surface area contributed by atoms with Gasteiger partial charge in [0, 0.05) is 16.9 Å². The summed E-state index contributed by atoms with van der Waals surface area (Å²) in [6, 6.07) is 24.4. The van der Waals surface area contributed by atoms with Crippen molar-refractivity contribution in [3.8, 4) is 17.1 Å². The Morgan fingerprint density at radius 3 is 2.42 bits per heavy atom. The molecule has 7 nitrogen and oxygen atoms in total. The van der Waals surface area contributed by atoms with Gasteiger partial charge in [0.05, 0.1) is 18.4 Å². The monoisotopic (exact) mass is 458 g/mol. The van der Waals surface area contributed by atoms with Crippen LogP contribution in [0.1, 0.15) is 15.9 Å². The molecule has 0 aliphatic rings. The predicted molar refractivity (Wildman–Crippen MR) is 129 cm³/mol. The van der Waals surface area contributed by atoms with Crippen LogP contribution in [0.25, 0.3) is 17.1 Å². The molecule has 1 amide bonds. The van der Waals surface area contributed by atoms with Crippen LogP contribution in [-0.4, -0.2) is 39.5 Å². The molecule has 0 saturated carbocycles. The van der Waals surface area contributed by atoms with E-state index in [9.17, 15) is 9.59 Å². The molecule has 0 spiro atoms. The first-order valence-corrected chi connectivity index (χ1v) is 11.2. The Morgan fingerprint density at radius 2 is 1.73 bits per heavy atom. The number of aryl methyl sites for hydroxylation is 1. The highest BCUT2D eigenvalue weighted by Crippen LogP contribution is 2.28. The summed E-state index contributed by atoms with van der Waals surface area (Å²) in [6.45, 7) is 2.03. The van der Waals surface area contributed by atoms with Gasteiger partial charge in [0.1, 0.15) is 0 Å². The first-order chi connectivity index (χ1) is 16.0. The maximum Gasteiger partial charge on any atom is 0.337 e. The number of hydrogen-bond donors (Lipinski definition) is 1. The smallest absolute Gasteiger partial charge is 0.337 e. The molecule has 0 aliphatic heterocycles. The Morgan fingerprint density at radius 1 is 0.970 bits per heavy atom. The highest BCUT2D eigenvalue weighted by atomic mass is 32.2. The lowest BCUT2D eigenvalue weighted by Gasteiger charge is -2.11. The van der Waals surface area contributed by atoms with Crippen LogP contribution in [0.3, 0.4) is 0 Å². The average molecular weight is 459 g/mol. The van der Waals surface area contributed by atoms with E-state index in [1.165, 1.54) is 18.9 Å². The van der Waals surface area contributed by atoms with Crippen LogP contribution in [0.4, 0.5) is 5.69 Å². The normalized spacial score (nSPS) is 10.6. The molecule has 0 fully saturated rings. The van der Waals surface area contributed by atoms with Gasteiger partial charge in [-0.05, 0) is 48.9 Å². The Bertz CT molecular complexity index is 1270. The number of hydrogen-bond acceptors (Lipinski definition) is 6. The zero-order chi connectivity index (χ0) is 23.2. The maximum absolute atomic E-state index is 12.6. The van der Waals surface area contributed by atoms with Gasteiger partial charge in [-0.2, -0.15) is 0 Å². The molecule has 0 radical (unpaired) electrons. The largest absolute Gasteiger partial charge is 0.465 e. The minimum absolute atomic E-state index is 0.150. The zero-order valence-electron chi connectivity index (χ0n) is 18.2. The summed E-state index contributed by atoms with van der Waals surface area (Å²) < 4.78 is 6.65. The fourth-order valence-electron chi connectivity index (χ4n) is 3.27. The molecule has 1 aromatic heterocycles. The number of aromatic nitrogens is 3. The summed E-state index contributed by atoms with van der Waals surface area (Å²) in [4.78, 5) is 24.1. The van der Waals surface area contributed by atoms with Gasteiger partial charge in [0.25, 0.3) is 0 Å². The number of esters is 1. The number of rotatable bonds is 7. The molecule has 166 valence electrons. The van der Waals surface area contributed by atoms with Crippen molar-refractivity contribution in [2.75, 3.05) is 18.2 Å². The number of thioether (sulfide) groups is 1. The van der Waals surface area contributed by atoms with Crippen molar-refractivity contribution in [3.63, 3.8) is 0 Å². The number of anilines is 1. The predicted octanol–water partition coefficient (Wildman–Crippen LogP) is 4.76. The Labute approximate surface area is 195 Å². The molecule has 0 unspecified atom stereocenters. The molecule has 0 aliphatic carbocycles. The summed E-state index contributed by atoms with van der Waals surface area (Å²) >= 11 is 1.31. The van der Waals surface area contributed by atoms with Crippen LogP contribution in [0.5, 0.6) is 0 Å². The Kier molecular flexibility index (Phi) is 6.85. The van der Waals surface area contributed by atoms with Crippen LogP contribution in [-0.2, 0) is 9.53 Å². The summed E-state index contributed by atoms with van der Waals surface area (Å²) in [5.41, 5.74) is 4.00. The van der Waals surface area contributed by atoms with E-state index in [-0.39, 0.29) is 11.7 Å². The van der Waals surface area contributed by atoms with Crippen LogP contribution in [0, 0.1) is 6.92 Å². The number of nitrogens with one attached hydrogen (secondary N) is 1. The van der Waals surface area contributed by atoms with E-state index in [1.807, 2.05) is 60.0 Å². The molecule has 33 heavy (non-hydrogen) atoms. The molecule has 0 bridgehead atoms. The molecule has 0 saturated heterocycles. The number of amides is 1. The fourth-order valence-corrected chi connectivity index (χ4v) is 4.02. The minimum Gasteiger partial charge on any atom is -0.465 e. The number of carbonyl (C=O) groups is 2. The van der Waals surface area contributed by atoms with Gasteiger partial charge < -0.3 is 10.1 Å². The van der Waals surface area contributed by atoms with E-state index in [1.54, 1.807) is 24.3 Å². The third-order valence-corrected chi connectivity index (χ3v) is 5.78. The van der Waals surface area contributed by atoms with Crippen molar-refractivity contribution in [2.24, 2.45) is 0 Å². The van der Waals surface area contributed by atoms with Gasteiger partial charge in [0.2, 0.25) is 5.91 Å². The molecule has 8 heteroatoms. The van der Waals surface area contributed by atoms with E-state index in [0.29, 0.717) is 22.2 Å². The number of methoxy groups -OCH3 is 1. The topological polar surface area (TPSA) is 86.1 Å². The molecule has 0 atom stereocenters. The summed E-state index contributed by atoms with van der Waals surface area (Å²) in [5.74, 6) is 0.249. The van der Waals surface area contributed by atoms with Gasteiger partial charge in [-0.1, -0.05) is 54.2 Å². The number of benzene rings is 3. The number of ether oxygens (including phenoxy) is 1. The quantitative estimate of drug-likeness (QED) is 0.317. The summed E-state index contributed by atoms with van der Waals surface area (Å²) in [7, 11) is 1.33. The van der Waals surface area contributed by atoms with Gasteiger partial charge in [-0.15, -0.1) is 10.2 Å². The van der Waals surface area contributed by atoms with Crippen molar-refractivity contribution in [2.45, 2.75) is 12.1 Å². The lowest BCUT2D eigenvalue weighted by Crippen LogP contribution is -2.14. The van der Waals surface area contributed by atoms with E-state index in [4.69, 9.17) is 0 Å². The van der Waals surface area contributed by atoms with Crippen molar-refractivity contribution in [3.05, 3.63) is 90.0 Å². The third kappa shape index (κ3) is 5.30. The second-order valence-corrected chi connectivity index (χ2v) is 8.19.